The van der Waals surface area contributed by atoms with Gasteiger partial charge < -0.3 is 13.7 Å². The number of hydrogen-bond donors (Lipinski definition) is 0. The number of aromatic nitrogens is 8. The molecule has 0 saturated carbocycles. The standard InChI is InChI=1S/C52H32N8/c1-7-17-46-37(11-1)38-12-2-8-18-47(38)59(46)35-25-27-50-41(29-35)42-30-36(60-48-19-9-3-13-39(48)40-14-4-10-20-49(40)60)26-28-51(42)58(50)34-23-21-33(22-24-34)45-32-57(56-55-45)52-31-53-43-15-5-6-16-44(43)54-52/h1-32H. The fourth-order valence-electron chi connectivity index (χ4n) is 9.30. The summed E-state index contributed by atoms with van der Waals surface area (Å²) in [6.07, 6.45) is 3.63. The molecule has 0 saturated heterocycles. The number of nitrogens with zero attached hydrogens (tertiary/aromatic N) is 8. The van der Waals surface area contributed by atoms with Crippen LogP contribution in [0.2, 0.25) is 0 Å². The van der Waals surface area contributed by atoms with Gasteiger partial charge in [0.15, 0.2) is 5.82 Å². The number of benzene rings is 8. The summed E-state index contributed by atoms with van der Waals surface area (Å²) in [5.74, 6) is 0.620. The van der Waals surface area contributed by atoms with E-state index >= 15 is 0 Å². The lowest BCUT2D eigenvalue weighted by atomic mass is 10.1. The minimum atomic E-state index is 0.620. The van der Waals surface area contributed by atoms with Crippen molar-refractivity contribution in [1.82, 2.24) is 38.7 Å². The molecule has 8 heteroatoms. The van der Waals surface area contributed by atoms with Gasteiger partial charge in [-0.25, -0.2) is 9.67 Å². The third-order valence-corrected chi connectivity index (χ3v) is 12.0. The normalized spacial score (nSPS) is 12.0. The van der Waals surface area contributed by atoms with Crippen LogP contribution in [0.5, 0.6) is 0 Å². The van der Waals surface area contributed by atoms with Crippen molar-refractivity contribution in [2.45, 2.75) is 0 Å². The highest BCUT2D eigenvalue weighted by atomic mass is 15.4. The third-order valence-electron chi connectivity index (χ3n) is 12.0. The van der Waals surface area contributed by atoms with Crippen LogP contribution in [0, 0.1) is 0 Å². The summed E-state index contributed by atoms with van der Waals surface area (Å²) >= 11 is 0. The second-order valence-electron chi connectivity index (χ2n) is 15.3. The Labute approximate surface area is 342 Å². The van der Waals surface area contributed by atoms with Crippen molar-refractivity contribution in [2.75, 3.05) is 0 Å². The summed E-state index contributed by atoms with van der Waals surface area (Å²) < 4.78 is 8.85. The maximum absolute atomic E-state index is 4.75. The molecule has 0 bridgehead atoms. The topological polar surface area (TPSA) is 71.3 Å². The molecular weight excluding hydrogens is 737 g/mol. The maximum Gasteiger partial charge on any atom is 0.174 e. The van der Waals surface area contributed by atoms with Crippen molar-refractivity contribution < 1.29 is 0 Å². The van der Waals surface area contributed by atoms with Crippen LogP contribution in [-0.4, -0.2) is 38.7 Å². The Bertz CT molecular complexity index is 3570. The van der Waals surface area contributed by atoms with E-state index in [4.69, 9.17) is 4.98 Å². The van der Waals surface area contributed by atoms with Crippen molar-refractivity contribution in [2.24, 2.45) is 0 Å². The molecule has 8 aromatic carbocycles. The van der Waals surface area contributed by atoms with Gasteiger partial charge in [0.2, 0.25) is 0 Å². The van der Waals surface area contributed by atoms with Gasteiger partial charge in [-0.15, -0.1) is 5.10 Å². The summed E-state index contributed by atoms with van der Waals surface area (Å²) in [5.41, 5.74) is 13.7. The molecule has 0 amide bonds. The fraction of sp³-hybridized carbons (Fsp3) is 0. The molecule has 0 aliphatic heterocycles. The molecule has 5 heterocycles. The molecule has 280 valence electrons. The average molecular weight is 769 g/mol. The molecule has 13 rings (SSSR count). The molecule has 8 nitrogen and oxygen atoms in total. The third kappa shape index (κ3) is 4.79. The number of rotatable bonds is 5. The van der Waals surface area contributed by atoms with Crippen LogP contribution in [0.4, 0.5) is 0 Å². The van der Waals surface area contributed by atoms with Gasteiger partial charge in [0.05, 0.1) is 56.5 Å². The summed E-state index contributed by atoms with van der Waals surface area (Å²) in [6, 6.07) is 65.0. The first kappa shape index (κ1) is 32.7. The maximum atomic E-state index is 4.75. The van der Waals surface area contributed by atoms with Gasteiger partial charge in [-0.05, 0) is 84.9 Å². The first-order chi connectivity index (χ1) is 29.7. The molecule has 0 atom stereocenters. The lowest BCUT2D eigenvalue weighted by Gasteiger charge is -2.11. The molecule has 0 spiro atoms. The molecule has 0 radical (unpaired) electrons. The van der Waals surface area contributed by atoms with Gasteiger partial charge >= 0.3 is 0 Å². The van der Waals surface area contributed by atoms with Gasteiger partial charge in [-0.2, -0.15) is 0 Å². The first-order valence-electron chi connectivity index (χ1n) is 20.1. The fourth-order valence-corrected chi connectivity index (χ4v) is 9.30. The predicted molar refractivity (Wildman–Crippen MR) is 243 cm³/mol. The van der Waals surface area contributed by atoms with Crippen LogP contribution in [0.15, 0.2) is 194 Å². The van der Waals surface area contributed by atoms with Crippen molar-refractivity contribution in [1.29, 1.82) is 0 Å². The van der Waals surface area contributed by atoms with Crippen LogP contribution >= 0.6 is 0 Å². The van der Waals surface area contributed by atoms with E-state index in [1.54, 1.807) is 10.9 Å². The molecule has 0 aliphatic carbocycles. The van der Waals surface area contributed by atoms with Crippen LogP contribution in [0.1, 0.15) is 0 Å². The lowest BCUT2D eigenvalue weighted by molar-refractivity contribution is 0.781. The first-order valence-corrected chi connectivity index (χ1v) is 20.1. The minimum Gasteiger partial charge on any atom is -0.309 e. The van der Waals surface area contributed by atoms with Crippen LogP contribution in [0.3, 0.4) is 0 Å². The monoisotopic (exact) mass is 768 g/mol. The zero-order valence-corrected chi connectivity index (χ0v) is 32.1. The van der Waals surface area contributed by atoms with Gasteiger partial charge in [0, 0.05) is 54.9 Å². The quantitative estimate of drug-likeness (QED) is 0.175. The number of fused-ring (bicyclic) bond motifs is 10. The lowest BCUT2D eigenvalue weighted by Crippen LogP contribution is -1.99. The summed E-state index contributed by atoms with van der Waals surface area (Å²) in [6.45, 7) is 0. The second-order valence-corrected chi connectivity index (χ2v) is 15.3. The second kappa shape index (κ2) is 12.6. The van der Waals surface area contributed by atoms with E-state index in [1.165, 1.54) is 54.4 Å². The molecule has 0 unspecified atom stereocenters. The highest BCUT2D eigenvalue weighted by Crippen LogP contribution is 2.39. The summed E-state index contributed by atoms with van der Waals surface area (Å²) in [5, 5.41) is 16.3. The average Bonchev–Trinajstić information content (AvgIpc) is 4.09. The van der Waals surface area contributed by atoms with E-state index in [9.17, 15) is 0 Å². The Kier molecular flexibility index (Phi) is 6.85. The highest BCUT2D eigenvalue weighted by molar-refractivity contribution is 6.14. The van der Waals surface area contributed by atoms with Crippen LogP contribution in [-0.2, 0) is 0 Å². The Morgan fingerprint density at radius 3 is 1.33 bits per heavy atom. The van der Waals surface area contributed by atoms with Crippen LogP contribution < -0.4 is 0 Å². The molecular formula is C52H32N8. The summed E-state index contributed by atoms with van der Waals surface area (Å²) in [7, 11) is 0. The van der Waals surface area contributed by atoms with E-state index < -0.39 is 0 Å². The zero-order valence-electron chi connectivity index (χ0n) is 32.1. The predicted octanol–water partition coefficient (Wildman–Crippen LogP) is 12.2. The van der Waals surface area contributed by atoms with Gasteiger partial charge in [-0.1, -0.05) is 102 Å². The molecule has 0 aliphatic rings. The summed E-state index contributed by atoms with van der Waals surface area (Å²) in [4.78, 5) is 9.32. The zero-order chi connectivity index (χ0) is 39.3. The Morgan fingerprint density at radius 1 is 0.367 bits per heavy atom. The van der Waals surface area contributed by atoms with Gasteiger partial charge in [0.1, 0.15) is 5.69 Å². The van der Waals surface area contributed by atoms with E-state index in [0.29, 0.717) is 5.82 Å². The molecule has 0 N–H and O–H groups in total. The Balaban J connectivity index is 0.992. The van der Waals surface area contributed by atoms with Crippen molar-refractivity contribution in [3.05, 3.63) is 194 Å². The van der Waals surface area contributed by atoms with Crippen molar-refractivity contribution in [3.8, 4) is 34.1 Å². The van der Waals surface area contributed by atoms with E-state index in [1.807, 2.05) is 30.5 Å². The largest absolute Gasteiger partial charge is 0.309 e. The molecule has 60 heavy (non-hydrogen) atoms. The number of hydrogen-bond acceptors (Lipinski definition) is 4. The minimum absolute atomic E-state index is 0.620. The van der Waals surface area contributed by atoms with E-state index in [0.717, 1.165) is 50.4 Å². The highest BCUT2D eigenvalue weighted by Gasteiger charge is 2.19. The Morgan fingerprint density at radius 2 is 0.800 bits per heavy atom. The Hall–Kier alpha value is -8.36. The molecule has 0 fully saturated rings. The van der Waals surface area contributed by atoms with Gasteiger partial charge in [0.25, 0.3) is 0 Å². The van der Waals surface area contributed by atoms with Crippen molar-refractivity contribution in [3.63, 3.8) is 0 Å². The SMILES string of the molecule is c1ccc2nc(-n3cc(-c4ccc(-n5c6ccc(-n7c8ccccc8c8ccccc87)cc6c6cc(-n7c8ccccc8c8ccccc87)ccc65)cc4)nn3)cnc2c1. The van der Waals surface area contributed by atoms with Crippen molar-refractivity contribution >= 4 is 76.5 Å². The molecule has 5 aromatic heterocycles. The van der Waals surface area contributed by atoms with E-state index in [-0.39, 0.29) is 0 Å². The van der Waals surface area contributed by atoms with Crippen LogP contribution in [0.25, 0.3) is 111 Å². The smallest absolute Gasteiger partial charge is 0.174 e. The number of para-hydroxylation sites is 6. The van der Waals surface area contributed by atoms with E-state index in [2.05, 4.69) is 187 Å². The van der Waals surface area contributed by atoms with Gasteiger partial charge in [-0.3, -0.25) is 4.98 Å². The molecule has 13 aromatic rings.